The summed E-state index contributed by atoms with van der Waals surface area (Å²) in [6.07, 6.45) is 14.3. The molecule has 3 fully saturated rings. The van der Waals surface area contributed by atoms with Crippen LogP contribution in [0.25, 0.3) is 16.5 Å². The summed E-state index contributed by atoms with van der Waals surface area (Å²) in [6.45, 7) is 2.71. The molecule has 1 aromatic heterocycles. The fourth-order valence-corrected chi connectivity index (χ4v) is 8.59. The zero-order valence-electron chi connectivity index (χ0n) is 26.5. The minimum Gasteiger partial charge on any atom is -0.372 e. The van der Waals surface area contributed by atoms with Gasteiger partial charge in [0, 0.05) is 45.5 Å². The Balaban J connectivity index is 1.25. The van der Waals surface area contributed by atoms with Crippen molar-refractivity contribution in [1.29, 1.82) is 0 Å². The highest BCUT2D eigenvalue weighted by molar-refractivity contribution is 5.93. The fraction of sp³-hybridized carbons (Fsp3) is 0.595. The summed E-state index contributed by atoms with van der Waals surface area (Å²) in [6, 6.07) is 13.6. The van der Waals surface area contributed by atoms with Gasteiger partial charge in [-0.3, -0.25) is 0 Å². The number of hydrogen-bond donors (Lipinski definition) is 0. The summed E-state index contributed by atoms with van der Waals surface area (Å²) in [5, 5.41) is 5.13. The van der Waals surface area contributed by atoms with E-state index in [1.54, 1.807) is 19.8 Å². The van der Waals surface area contributed by atoms with Crippen molar-refractivity contribution in [2.75, 3.05) is 38.8 Å². The first-order valence-electron chi connectivity index (χ1n) is 17.1. The van der Waals surface area contributed by atoms with Gasteiger partial charge in [-0.25, -0.2) is 4.68 Å². The van der Waals surface area contributed by atoms with Crippen molar-refractivity contribution in [2.45, 2.75) is 96.0 Å². The van der Waals surface area contributed by atoms with Crippen LogP contribution in [0.15, 0.2) is 42.0 Å². The summed E-state index contributed by atoms with van der Waals surface area (Å²) < 4.78 is 34.8. The van der Waals surface area contributed by atoms with Gasteiger partial charge in [0.25, 0.3) is 0 Å². The molecule has 3 heterocycles. The van der Waals surface area contributed by atoms with Crippen molar-refractivity contribution >= 4 is 22.2 Å². The Hall–Kier alpha value is -2.74. The Bertz CT molecular complexity index is 1460. The Morgan fingerprint density at radius 2 is 1.59 bits per heavy atom. The van der Waals surface area contributed by atoms with Gasteiger partial charge in [0.15, 0.2) is 12.5 Å². The number of piperidine rings is 1. The van der Waals surface area contributed by atoms with E-state index in [1.165, 1.54) is 54.5 Å². The van der Waals surface area contributed by atoms with E-state index in [1.807, 2.05) is 4.68 Å². The van der Waals surface area contributed by atoms with Crippen LogP contribution in [-0.4, -0.2) is 50.0 Å². The van der Waals surface area contributed by atoms with E-state index in [2.05, 4.69) is 46.4 Å². The maximum Gasteiger partial charge on any atom is 0.240 e. The van der Waals surface area contributed by atoms with Gasteiger partial charge in [-0.2, -0.15) is 4.39 Å². The lowest BCUT2D eigenvalue weighted by Crippen LogP contribution is -2.39. The zero-order chi connectivity index (χ0) is 30.0. The molecule has 4 aliphatic rings. The third kappa shape index (κ3) is 5.72. The summed E-state index contributed by atoms with van der Waals surface area (Å²) in [5.74, 6) is 0.684. The molecule has 2 aliphatic carbocycles. The summed E-state index contributed by atoms with van der Waals surface area (Å²) in [5.41, 5.74) is 8.66. The maximum atomic E-state index is 15.8. The molecule has 44 heavy (non-hydrogen) atoms. The second kappa shape index (κ2) is 13.3. The van der Waals surface area contributed by atoms with E-state index in [-0.39, 0.29) is 18.5 Å². The predicted octanol–water partition coefficient (Wildman–Crippen LogP) is 8.43. The van der Waals surface area contributed by atoms with Gasteiger partial charge in [-0.15, -0.1) is 5.10 Å². The molecule has 1 unspecified atom stereocenters. The van der Waals surface area contributed by atoms with E-state index in [0.29, 0.717) is 23.8 Å². The number of nitrogens with zero attached hydrogens (tertiary/aromatic N) is 3. The number of benzene rings is 2. The minimum atomic E-state index is -0.352. The van der Waals surface area contributed by atoms with Gasteiger partial charge >= 0.3 is 0 Å². The van der Waals surface area contributed by atoms with Crippen LogP contribution in [0, 0.1) is 17.8 Å². The molecule has 0 amide bonds. The topological polar surface area (TPSA) is 48.8 Å². The van der Waals surface area contributed by atoms with Crippen molar-refractivity contribution < 1.29 is 18.6 Å². The number of aryl methyl sites for hydroxylation is 1. The molecule has 7 rings (SSSR count). The highest BCUT2D eigenvalue weighted by atomic mass is 19.1. The highest BCUT2D eigenvalue weighted by Crippen LogP contribution is 2.45. The van der Waals surface area contributed by atoms with Crippen LogP contribution in [0.3, 0.4) is 0 Å². The normalized spacial score (nSPS) is 22.5. The van der Waals surface area contributed by atoms with Gasteiger partial charge in [0.05, 0.1) is 10.9 Å². The van der Waals surface area contributed by atoms with E-state index < -0.39 is 0 Å². The third-order valence-corrected chi connectivity index (χ3v) is 10.8. The Kier molecular flexibility index (Phi) is 9.06. The zero-order valence-corrected chi connectivity index (χ0v) is 26.5. The number of fused-ring (bicyclic) bond motifs is 3. The van der Waals surface area contributed by atoms with Crippen molar-refractivity contribution in [3.05, 3.63) is 64.6 Å². The van der Waals surface area contributed by atoms with Crippen molar-refractivity contribution in [3.8, 4) is 0 Å². The molecule has 0 radical (unpaired) electrons. The molecular formula is C37H48FN3O3. The molecule has 0 bridgehead atoms. The van der Waals surface area contributed by atoms with Gasteiger partial charge in [-0.1, -0.05) is 43.0 Å². The fourth-order valence-electron chi connectivity index (χ4n) is 8.59. The standard InChI is InChI=1S/C37H48FN3O3/c1-42-37(43-2)27-20-22-40(23-21-27)28-16-14-26(15-17-28)34-29(25-9-4-3-5-10-25)11-8-12-30-31(34)18-19-32-35(30)36(38)39-41(32)33-13-6-7-24-44-33/h14-19,25,27,33,37H,3-13,20-24H2,1-2H3. The lowest BCUT2D eigenvalue weighted by Gasteiger charge is -2.36. The number of ether oxygens (including phenoxy) is 3. The number of allylic oxidation sites excluding steroid dienone is 1. The maximum absolute atomic E-state index is 15.8. The van der Waals surface area contributed by atoms with Crippen molar-refractivity contribution in [1.82, 2.24) is 9.78 Å². The molecule has 1 atom stereocenters. The molecule has 2 aliphatic heterocycles. The first kappa shape index (κ1) is 29.9. The highest BCUT2D eigenvalue weighted by Gasteiger charge is 2.30. The van der Waals surface area contributed by atoms with Crippen LogP contribution >= 0.6 is 0 Å². The van der Waals surface area contributed by atoms with Crippen LogP contribution in [0.5, 0.6) is 0 Å². The van der Waals surface area contributed by atoms with E-state index in [9.17, 15) is 0 Å². The molecule has 2 aromatic carbocycles. The number of aromatic nitrogens is 2. The molecule has 7 heteroatoms. The average molecular weight is 602 g/mol. The molecular weight excluding hydrogens is 553 g/mol. The molecule has 3 aromatic rings. The summed E-state index contributed by atoms with van der Waals surface area (Å²) >= 11 is 0. The van der Waals surface area contributed by atoms with Crippen LogP contribution in [0.1, 0.15) is 100.0 Å². The van der Waals surface area contributed by atoms with Gasteiger partial charge in [0.2, 0.25) is 5.95 Å². The summed E-state index contributed by atoms with van der Waals surface area (Å²) in [4.78, 5) is 2.49. The SMILES string of the molecule is COC(OC)C1CCN(c2ccc(C3=C(C4CCCCC4)CCCc4c3ccc3c4c(F)nn3C3CCCCO3)cc2)CC1. The number of rotatable bonds is 7. The Morgan fingerprint density at radius 1 is 0.841 bits per heavy atom. The van der Waals surface area contributed by atoms with Gasteiger partial charge in [-0.05, 0) is 111 Å². The molecule has 2 saturated heterocycles. The second-order valence-corrected chi connectivity index (χ2v) is 13.3. The van der Waals surface area contributed by atoms with E-state index in [4.69, 9.17) is 14.2 Å². The second-order valence-electron chi connectivity index (χ2n) is 13.3. The predicted molar refractivity (Wildman–Crippen MR) is 173 cm³/mol. The molecule has 236 valence electrons. The largest absolute Gasteiger partial charge is 0.372 e. The minimum absolute atomic E-state index is 0.126. The number of halogens is 1. The van der Waals surface area contributed by atoms with Crippen molar-refractivity contribution in [3.63, 3.8) is 0 Å². The van der Waals surface area contributed by atoms with Gasteiger partial charge < -0.3 is 19.1 Å². The van der Waals surface area contributed by atoms with Crippen LogP contribution < -0.4 is 4.90 Å². The van der Waals surface area contributed by atoms with Crippen LogP contribution in [-0.2, 0) is 20.6 Å². The van der Waals surface area contributed by atoms with Crippen molar-refractivity contribution in [2.24, 2.45) is 11.8 Å². The first-order chi connectivity index (χ1) is 21.7. The first-order valence-corrected chi connectivity index (χ1v) is 17.1. The Labute approximate surface area is 261 Å². The number of hydrogen-bond acceptors (Lipinski definition) is 5. The Morgan fingerprint density at radius 3 is 2.30 bits per heavy atom. The van der Waals surface area contributed by atoms with Crippen LogP contribution in [0.2, 0.25) is 0 Å². The quantitative estimate of drug-likeness (QED) is 0.255. The average Bonchev–Trinajstić information content (AvgIpc) is 3.30. The number of methoxy groups -OCH3 is 2. The molecule has 0 N–H and O–H groups in total. The third-order valence-electron chi connectivity index (χ3n) is 10.8. The van der Waals surface area contributed by atoms with Crippen LogP contribution in [0.4, 0.5) is 10.1 Å². The van der Waals surface area contributed by atoms with E-state index in [0.717, 1.165) is 75.5 Å². The molecule has 1 saturated carbocycles. The number of anilines is 1. The lowest BCUT2D eigenvalue weighted by molar-refractivity contribution is -0.141. The van der Waals surface area contributed by atoms with Gasteiger partial charge in [0.1, 0.15) is 0 Å². The van der Waals surface area contributed by atoms with E-state index >= 15 is 4.39 Å². The summed E-state index contributed by atoms with van der Waals surface area (Å²) in [7, 11) is 3.47. The lowest BCUT2D eigenvalue weighted by atomic mass is 9.78. The molecule has 0 spiro atoms. The smallest absolute Gasteiger partial charge is 0.240 e. The monoisotopic (exact) mass is 601 g/mol. The molecule has 6 nitrogen and oxygen atoms in total.